The molecule has 1 aliphatic heterocycles. The molecular weight excluding hydrogens is 311 g/mol. The molecule has 0 spiro atoms. The molecule has 1 amide bonds. The number of carbonyl (C=O) groups is 1. The van der Waals surface area contributed by atoms with Gasteiger partial charge in [0.05, 0.1) is 6.54 Å². The van der Waals surface area contributed by atoms with Crippen molar-refractivity contribution in [2.75, 3.05) is 13.1 Å². The number of furan rings is 1. The number of nitrogens with one attached hydrogen (secondary N) is 2. The topological polar surface area (TPSA) is 72.1 Å². The zero-order valence-electron chi connectivity index (χ0n) is 11.9. The van der Waals surface area contributed by atoms with Gasteiger partial charge >= 0.3 is 0 Å². The zero-order valence-corrected chi connectivity index (χ0v) is 12.7. The predicted octanol–water partition coefficient (Wildman–Crippen LogP) is 1.38. The molecule has 8 heteroatoms. The average molecular weight is 329 g/mol. The number of carbonyl (C=O) groups excluding carboxylic acids is 1. The Balaban J connectivity index is 0.00000176. The van der Waals surface area contributed by atoms with Crippen LogP contribution in [0.3, 0.4) is 0 Å². The fourth-order valence-electron chi connectivity index (χ4n) is 2.37. The van der Waals surface area contributed by atoms with Crippen molar-refractivity contribution >= 4 is 18.3 Å². The van der Waals surface area contributed by atoms with Crippen LogP contribution in [0.2, 0.25) is 0 Å². The number of nitrogens with zero attached hydrogens (tertiary/aromatic N) is 2. The Kier molecular flexibility index (Phi) is 5.57. The van der Waals surface area contributed by atoms with Crippen molar-refractivity contribution in [2.45, 2.75) is 25.2 Å². The van der Waals surface area contributed by atoms with Crippen LogP contribution in [0.25, 0.3) is 0 Å². The molecule has 0 bridgehead atoms. The van der Waals surface area contributed by atoms with Crippen LogP contribution in [0.1, 0.15) is 22.7 Å². The highest BCUT2D eigenvalue weighted by molar-refractivity contribution is 5.91. The van der Waals surface area contributed by atoms with Crippen LogP contribution >= 0.6 is 12.4 Å². The van der Waals surface area contributed by atoms with Crippen molar-refractivity contribution in [1.82, 2.24) is 20.4 Å². The van der Waals surface area contributed by atoms with E-state index in [4.69, 9.17) is 4.42 Å². The number of aromatic nitrogens is 2. The maximum absolute atomic E-state index is 13.0. The minimum atomic E-state index is -0.823. The summed E-state index contributed by atoms with van der Waals surface area (Å²) < 4.78 is 20.2. The standard InChI is InChI=1S/C14H17FN4O2.ClH/c15-10-6-11(16-7-10)8-17-14(20)13-3-2-12(21-13)9-19-5-1-4-18-19;/h1-5,10-11,16H,6-9H2,(H,17,20);1H/t10-,11-;/m0./s1. The first kappa shape index (κ1) is 16.5. The summed E-state index contributed by atoms with van der Waals surface area (Å²) in [6, 6.07) is 5.20. The number of halogens is 2. The Hall–Kier alpha value is -1.86. The van der Waals surface area contributed by atoms with Gasteiger partial charge in [-0.2, -0.15) is 5.10 Å². The van der Waals surface area contributed by atoms with Crippen molar-refractivity contribution in [3.63, 3.8) is 0 Å². The lowest BCUT2D eigenvalue weighted by molar-refractivity contribution is 0.0920. The van der Waals surface area contributed by atoms with Gasteiger partial charge in [-0.25, -0.2) is 4.39 Å². The molecule has 2 atom stereocenters. The highest BCUT2D eigenvalue weighted by Crippen LogP contribution is 2.11. The fraction of sp³-hybridized carbons (Fsp3) is 0.429. The van der Waals surface area contributed by atoms with Gasteiger partial charge < -0.3 is 15.1 Å². The lowest BCUT2D eigenvalue weighted by Crippen LogP contribution is -2.37. The van der Waals surface area contributed by atoms with E-state index in [1.165, 1.54) is 0 Å². The van der Waals surface area contributed by atoms with Crippen LogP contribution in [0.4, 0.5) is 4.39 Å². The summed E-state index contributed by atoms with van der Waals surface area (Å²) in [5.74, 6) is 0.629. The molecule has 0 aliphatic carbocycles. The molecule has 2 aromatic heterocycles. The first-order valence-electron chi connectivity index (χ1n) is 6.92. The van der Waals surface area contributed by atoms with E-state index in [0.717, 1.165) is 0 Å². The Labute approximate surface area is 133 Å². The summed E-state index contributed by atoms with van der Waals surface area (Å²) in [5.41, 5.74) is 0. The second kappa shape index (κ2) is 7.42. The highest BCUT2D eigenvalue weighted by Gasteiger charge is 2.24. The minimum absolute atomic E-state index is 0. The van der Waals surface area contributed by atoms with E-state index in [2.05, 4.69) is 15.7 Å². The van der Waals surface area contributed by atoms with Crippen molar-refractivity contribution in [2.24, 2.45) is 0 Å². The Morgan fingerprint density at radius 1 is 1.55 bits per heavy atom. The Morgan fingerprint density at radius 2 is 2.41 bits per heavy atom. The Bertz CT molecular complexity index is 602. The molecule has 2 N–H and O–H groups in total. The van der Waals surface area contributed by atoms with E-state index < -0.39 is 6.17 Å². The molecule has 3 rings (SSSR count). The maximum Gasteiger partial charge on any atom is 0.287 e. The molecular formula is C14H18ClFN4O2. The van der Waals surface area contributed by atoms with E-state index in [1.54, 1.807) is 23.0 Å². The monoisotopic (exact) mass is 328 g/mol. The smallest absolute Gasteiger partial charge is 0.287 e. The van der Waals surface area contributed by atoms with Gasteiger partial charge in [-0.3, -0.25) is 9.48 Å². The van der Waals surface area contributed by atoms with E-state index in [-0.39, 0.29) is 30.1 Å². The van der Waals surface area contributed by atoms with Crippen LogP contribution < -0.4 is 10.6 Å². The maximum atomic E-state index is 13.0. The molecule has 22 heavy (non-hydrogen) atoms. The number of hydrogen-bond donors (Lipinski definition) is 2. The summed E-state index contributed by atoms with van der Waals surface area (Å²) in [5, 5.41) is 9.84. The lowest BCUT2D eigenvalue weighted by atomic mass is 10.2. The van der Waals surface area contributed by atoms with E-state index in [9.17, 15) is 9.18 Å². The highest BCUT2D eigenvalue weighted by atomic mass is 35.5. The van der Waals surface area contributed by atoms with Gasteiger partial charge in [0.1, 0.15) is 11.9 Å². The van der Waals surface area contributed by atoms with Crippen molar-refractivity contribution in [3.8, 4) is 0 Å². The van der Waals surface area contributed by atoms with E-state index in [0.29, 0.717) is 31.8 Å². The third kappa shape index (κ3) is 4.08. The van der Waals surface area contributed by atoms with Crippen molar-refractivity contribution in [3.05, 3.63) is 42.1 Å². The summed E-state index contributed by atoms with van der Waals surface area (Å²) in [4.78, 5) is 11.9. The summed E-state index contributed by atoms with van der Waals surface area (Å²) in [7, 11) is 0. The number of rotatable bonds is 5. The summed E-state index contributed by atoms with van der Waals surface area (Å²) >= 11 is 0. The summed E-state index contributed by atoms with van der Waals surface area (Å²) in [6.07, 6.45) is 3.12. The van der Waals surface area contributed by atoms with E-state index >= 15 is 0 Å². The summed E-state index contributed by atoms with van der Waals surface area (Å²) in [6.45, 7) is 1.23. The predicted molar refractivity (Wildman–Crippen MR) is 80.9 cm³/mol. The number of hydrogen-bond acceptors (Lipinski definition) is 4. The van der Waals surface area contributed by atoms with Gasteiger partial charge in [-0.05, 0) is 24.6 Å². The molecule has 0 saturated carbocycles. The lowest BCUT2D eigenvalue weighted by Gasteiger charge is -2.10. The SMILES string of the molecule is Cl.O=C(NC[C@@H]1C[C@H](F)CN1)c1ccc(Cn2cccn2)o1. The number of amides is 1. The van der Waals surface area contributed by atoms with Crippen molar-refractivity contribution in [1.29, 1.82) is 0 Å². The largest absolute Gasteiger partial charge is 0.454 e. The quantitative estimate of drug-likeness (QED) is 0.869. The molecule has 1 saturated heterocycles. The van der Waals surface area contributed by atoms with Crippen LogP contribution in [0, 0.1) is 0 Å². The minimum Gasteiger partial charge on any atom is -0.454 e. The van der Waals surface area contributed by atoms with Gasteiger partial charge in [-0.15, -0.1) is 12.4 Å². The van der Waals surface area contributed by atoms with Gasteiger partial charge in [0.2, 0.25) is 0 Å². The van der Waals surface area contributed by atoms with Crippen LogP contribution in [0.5, 0.6) is 0 Å². The first-order valence-corrected chi connectivity index (χ1v) is 6.92. The third-order valence-electron chi connectivity index (χ3n) is 3.44. The third-order valence-corrected chi connectivity index (χ3v) is 3.44. The van der Waals surface area contributed by atoms with Crippen LogP contribution in [0.15, 0.2) is 35.0 Å². The number of alkyl halides is 1. The molecule has 1 fully saturated rings. The molecule has 120 valence electrons. The molecule has 3 heterocycles. The Morgan fingerprint density at radius 3 is 3.09 bits per heavy atom. The molecule has 1 aliphatic rings. The molecule has 0 unspecified atom stereocenters. The van der Waals surface area contributed by atoms with Crippen LogP contribution in [-0.4, -0.2) is 41.0 Å². The molecule has 0 radical (unpaired) electrons. The van der Waals surface area contributed by atoms with Crippen LogP contribution in [-0.2, 0) is 6.54 Å². The molecule has 2 aromatic rings. The van der Waals surface area contributed by atoms with Gasteiger partial charge in [0, 0.05) is 31.5 Å². The van der Waals surface area contributed by atoms with Gasteiger partial charge in [-0.1, -0.05) is 0 Å². The van der Waals surface area contributed by atoms with Crippen molar-refractivity contribution < 1.29 is 13.6 Å². The average Bonchev–Trinajstić information content (AvgIpc) is 3.19. The second-order valence-corrected chi connectivity index (χ2v) is 5.12. The normalized spacial score (nSPS) is 20.6. The second-order valence-electron chi connectivity index (χ2n) is 5.12. The van der Waals surface area contributed by atoms with Gasteiger partial charge in [0.15, 0.2) is 5.76 Å². The van der Waals surface area contributed by atoms with Gasteiger partial charge in [0.25, 0.3) is 5.91 Å². The fourth-order valence-corrected chi connectivity index (χ4v) is 2.37. The zero-order chi connectivity index (χ0) is 14.7. The van der Waals surface area contributed by atoms with E-state index in [1.807, 2.05) is 12.3 Å². The molecule has 0 aromatic carbocycles. The molecule has 6 nitrogen and oxygen atoms in total. The first-order chi connectivity index (χ1) is 10.2.